The molecule has 0 saturated carbocycles. The number of hydrogen-bond donors (Lipinski definition) is 1. The molecule has 1 N–H and O–H groups in total. The van der Waals surface area contributed by atoms with Crippen LogP contribution in [0.4, 0.5) is 0 Å². The Labute approximate surface area is 171 Å². The van der Waals surface area contributed by atoms with Crippen molar-refractivity contribution in [3.8, 4) is 0 Å². The van der Waals surface area contributed by atoms with E-state index in [4.69, 9.17) is 4.74 Å². The van der Waals surface area contributed by atoms with Crippen LogP contribution in [0.15, 0.2) is 22.7 Å². The van der Waals surface area contributed by atoms with E-state index in [1.807, 2.05) is 23.1 Å². The number of ether oxygens (including phenoxy) is 1. The Kier molecular flexibility index (Phi) is 6.35. The molecule has 0 bridgehead atoms. The van der Waals surface area contributed by atoms with E-state index >= 15 is 0 Å². The van der Waals surface area contributed by atoms with E-state index in [0.717, 1.165) is 5.82 Å². The highest BCUT2D eigenvalue weighted by atomic mass is 32.2. The van der Waals surface area contributed by atoms with Gasteiger partial charge >= 0.3 is 5.97 Å². The monoisotopic (exact) mass is 418 g/mol. The number of thioether (sulfide) groups is 1. The van der Waals surface area contributed by atoms with Crippen molar-refractivity contribution in [2.24, 2.45) is 7.05 Å². The molecule has 0 aromatic carbocycles. The maximum Gasteiger partial charge on any atom is 0.340 e. The van der Waals surface area contributed by atoms with Crippen LogP contribution in [0.5, 0.6) is 0 Å². The number of hydrogen-bond acceptors (Lipinski definition) is 7. The summed E-state index contributed by atoms with van der Waals surface area (Å²) in [5.41, 5.74) is 2.02. The molecular formula is C19H22N4O3S2. The minimum absolute atomic E-state index is 0.141. The third-order valence-electron chi connectivity index (χ3n) is 4.30. The Morgan fingerprint density at radius 2 is 2.00 bits per heavy atom. The van der Waals surface area contributed by atoms with Crippen molar-refractivity contribution in [3.05, 3.63) is 50.7 Å². The molecule has 0 saturated heterocycles. The largest absolute Gasteiger partial charge is 0.462 e. The van der Waals surface area contributed by atoms with Crippen LogP contribution >= 0.6 is 23.1 Å². The predicted molar refractivity (Wildman–Crippen MR) is 109 cm³/mol. The smallest absolute Gasteiger partial charge is 0.340 e. The van der Waals surface area contributed by atoms with Gasteiger partial charge in [0.15, 0.2) is 10.9 Å². The second-order valence-corrected chi connectivity index (χ2v) is 8.25. The van der Waals surface area contributed by atoms with Gasteiger partial charge in [-0.1, -0.05) is 17.8 Å². The Hall–Kier alpha value is -2.39. The second kappa shape index (κ2) is 8.74. The zero-order valence-electron chi connectivity index (χ0n) is 16.2. The molecular weight excluding hydrogens is 396 g/mol. The van der Waals surface area contributed by atoms with Gasteiger partial charge in [-0.05, 0) is 32.2 Å². The lowest BCUT2D eigenvalue weighted by atomic mass is 10.1. The molecule has 3 heterocycles. The minimum atomic E-state index is -0.477. The maximum absolute atomic E-state index is 12.9. The maximum atomic E-state index is 12.9. The summed E-state index contributed by atoms with van der Waals surface area (Å²) in [6, 6.07) is 4.07. The Balaban J connectivity index is 1.73. The summed E-state index contributed by atoms with van der Waals surface area (Å²) in [5, 5.41) is 11.1. The van der Waals surface area contributed by atoms with E-state index in [1.165, 1.54) is 16.6 Å². The number of aryl methyl sites for hydroxylation is 2. The summed E-state index contributed by atoms with van der Waals surface area (Å²) in [5.74, 6) is 0.390. The number of nitrogens with one attached hydrogen (secondary N) is 1. The summed E-state index contributed by atoms with van der Waals surface area (Å²) >= 11 is 2.99. The van der Waals surface area contributed by atoms with Gasteiger partial charge in [-0.2, -0.15) is 0 Å². The van der Waals surface area contributed by atoms with Crippen LogP contribution in [0.3, 0.4) is 0 Å². The normalized spacial score (nSPS) is 11.0. The molecule has 3 aromatic rings. The second-order valence-electron chi connectivity index (χ2n) is 6.27. The molecule has 9 heteroatoms. The summed E-state index contributed by atoms with van der Waals surface area (Å²) in [6.45, 7) is 5.56. The number of rotatable bonds is 8. The first-order valence-corrected chi connectivity index (χ1v) is 10.7. The van der Waals surface area contributed by atoms with Crippen LogP contribution in [0.2, 0.25) is 0 Å². The Bertz CT molecular complexity index is 989. The lowest BCUT2D eigenvalue weighted by molar-refractivity contribution is 0.0522. The summed E-state index contributed by atoms with van der Waals surface area (Å²) in [7, 11) is 1.89. The van der Waals surface area contributed by atoms with Gasteiger partial charge in [0.1, 0.15) is 5.82 Å². The summed E-state index contributed by atoms with van der Waals surface area (Å²) < 4.78 is 7.01. The first kappa shape index (κ1) is 20.3. The lowest BCUT2D eigenvalue weighted by Gasteiger charge is -2.06. The van der Waals surface area contributed by atoms with E-state index in [1.54, 1.807) is 32.1 Å². The number of carbonyl (C=O) groups is 2. The van der Waals surface area contributed by atoms with E-state index in [-0.39, 0.29) is 18.1 Å². The van der Waals surface area contributed by atoms with Crippen molar-refractivity contribution in [1.82, 2.24) is 19.7 Å². The number of Topliss-reactive ketones (excluding diaryl/α,β-unsaturated/α-hetero) is 1. The molecule has 0 amide bonds. The number of thiophene rings is 1. The van der Waals surface area contributed by atoms with Crippen molar-refractivity contribution in [2.75, 3.05) is 12.4 Å². The van der Waals surface area contributed by atoms with Gasteiger partial charge in [0.2, 0.25) is 0 Å². The molecule has 0 aliphatic rings. The molecule has 148 valence electrons. The summed E-state index contributed by atoms with van der Waals surface area (Å²) in [6.07, 6.45) is 0.707. The zero-order valence-corrected chi connectivity index (χ0v) is 17.9. The number of esters is 1. The van der Waals surface area contributed by atoms with Crippen LogP contribution < -0.4 is 0 Å². The Morgan fingerprint density at radius 1 is 1.25 bits per heavy atom. The number of nitrogens with zero attached hydrogens (tertiary/aromatic N) is 3. The molecule has 0 unspecified atom stereocenters. The lowest BCUT2D eigenvalue weighted by Crippen LogP contribution is -2.13. The van der Waals surface area contributed by atoms with Gasteiger partial charge in [-0.25, -0.2) is 4.79 Å². The van der Waals surface area contributed by atoms with E-state index in [9.17, 15) is 9.59 Å². The highest BCUT2D eigenvalue weighted by Crippen LogP contribution is 2.24. The number of ketones is 1. The topological polar surface area (TPSA) is 89.9 Å². The molecule has 0 radical (unpaired) electrons. The highest BCUT2D eigenvalue weighted by molar-refractivity contribution is 7.99. The standard InChI is InChI=1S/C19H22N4O3S2/c1-5-26-18(25)17-12(3)20-11(2)16(17)14(24)10-28-19-22-21-15(23(19)4)9-13-7-6-8-27-13/h6-8,20H,5,9-10H2,1-4H3. The predicted octanol–water partition coefficient (Wildman–Crippen LogP) is 3.56. The molecule has 0 spiro atoms. The molecule has 3 rings (SSSR count). The first-order chi connectivity index (χ1) is 13.4. The molecule has 0 atom stereocenters. The Morgan fingerprint density at radius 3 is 2.68 bits per heavy atom. The first-order valence-electron chi connectivity index (χ1n) is 8.85. The van der Waals surface area contributed by atoms with Crippen molar-refractivity contribution < 1.29 is 14.3 Å². The average Bonchev–Trinajstić information content (AvgIpc) is 3.35. The van der Waals surface area contributed by atoms with Gasteiger partial charge in [0.05, 0.1) is 23.5 Å². The molecule has 0 fully saturated rings. The summed E-state index contributed by atoms with van der Waals surface area (Å²) in [4.78, 5) is 29.4. The fourth-order valence-electron chi connectivity index (χ4n) is 2.98. The highest BCUT2D eigenvalue weighted by Gasteiger charge is 2.25. The van der Waals surface area contributed by atoms with Crippen LogP contribution in [0, 0.1) is 13.8 Å². The van der Waals surface area contributed by atoms with Crippen molar-refractivity contribution in [3.63, 3.8) is 0 Å². The van der Waals surface area contributed by atoms with Crippen LogP contribution in [-0.2, 0) is 18.2 Å². The number of carbonyl (C=O) groups excluding carboxylic acids is 2. The molecule has 0 aliphatic carbocycles. The third kappa shape index (κ3) is 4.20. The minimum Gasteiger partial charge on any atom is -0.462 e. The van der Waals surface area contributed by atoms with Crippen molar-refractivity contribution >= 4 is 34.9 Å². The number of H-pyrrole nitrogens is 1. The van der Waals surface area contributed by atoms with Crippen LogP contribution in [0.25, 0.3) is 0 Å². The van der Waals surface area contributed by atoms with Crippen LogP contribution in [0.1, 0.15) is 49.7 Å². The van der Waals surface area contributed by atoms with E-state index < -0.39 is 5.97 Å². The van der Waals surface area contributed by atoms with Crippen molar-refractivity contribution in [1.29, 1.82) is 0 Å². The molecule has 28 heavy (non-hydrogen) atoms. The van der Waals surface area contributed by atoms with Gasteiger partial charge in [0, 0.05) is 29.7 Å². The van der Waals surface area contributed by atoms with Crippen LogP contribution in [-0.4, -0.2) is 43.9 Å². The van der Waals surface area contributed by atoms with Gasteiger partial charge in [0.25, 0.3) is 0 Å². The third-order valence-corrected chi connectivity index (χ3v) is 6.20. The van der Waals surface area contributed by atoms with E-state index in [0.29, 0.717) is 34.1 Å². The van der Waals surface area contributed by atoms with E-state index in [2.05, 4.69) is 21.2 Å². The molecule has 3 aromatic heterocycles. The number of aromatic amines is 1. The SMILES string of the molecule is CCOC(=O)c1c(C)[nH]c(C)c1C(=O)CSc1nnc(Cc2cccs2)n1C. The molecule has 0 aliphatic heterocycles. The molecule has 7 nitrogen and oxygen atoms in total. The number of aromatic nitrogens is 4. The van der Waals surface area contributed by atoms with Gasteiger partial charge in [-0.15, -0.1) is 21.5 Å². The van der Waals surface area contributed by atoms with Crippen molar-refractivity contribution in [2.45, 2.75) is 32.3 Å². The quantitative estimate of drug-likeness (QED) is 0.342. The van der Waals surface area contributed by atoms with Gasteiger partial charge < -0.3 is 14.3 Å². The fraction of sp³-hybridized carbons (Fsp3) is 0.368. The fourth-order valence-corrected chi connectivity index (χ4v) is 4.49. The average molecular weight is 419 g/mol. The zero-order chi connectivity index (χ0) is 20.3. The van der Waals surface area contributed by atoms with Gasteiger partial charge in [-0.3, -0.25) is 4.79 Å².